The van der Waals surface area contributed by atoms with Crippen molar-refractivity contribution in [1.82, 2.24) is 14.5 Å². The number of nitrogens with zero attached hydrogens (tertiary/aromatic N) is 3. The van der Waals surface area contributed by atoms with Crippen LogP contribution in [0.25, 0.3) is 16.7 Å². The topological polar surface area (TPSA) is 86.1 Å². The van der Waals surface area contributed by atoms with Crippen LogP contribution in [0.3, 0.4) is 0 Å². The minimum Gasteiger partial charge on any atom is -0.444 e. The molecule has 2 heterocycles. The maximum atomic E-state index is 12.4. The van der Waals surface area contributed by atoms with Crippen LogP contribution in [0, 0.1) is 0 Å². The van der Waals surface area contributed by atoms with Crippen LogP contribution < -0.4 is 10.9 Å². The van der Waals surface area contributed by atoms with E-state index in [0.29, 0.717) is 22.4 Å². The van der Waals surface area contributed by atoms with Crippen molar-refractivity contribution in [2.75, 3.05) is 5.32 Å². The summed E-state index contributed by atoms with van der Waals surface area (Å²) in [5, 5.41) is 3.36. The molecule has 0 bridgehead atoms. The van der Waals surface area contributed by atoms with Crippen LogP contribution in [-0.4, -0.2) is 26.2 Å². The summed E-state index contributed by atoms with van der Waals surface area (Å²) < 4.78 is 6.65. The molecule has 0 radical (unpaired) electrons. The van der Waals surface area contributed by atoms with Gasteiger partial charge in [-0.25, -0.2) is 9.78 Å². The molecule has 28 heavy (non-hydrogen) atoms. The van der Waals surface area contributed by atoms with E-state index >= 15 is 0 Å². The van der Waals surface area contributed by atoms with E-state index in [-0.39, 0.29) is 10.8 Å². The van der Waals surface area contributed by atoms with Crippen LogP contribution in [0.2, 0.25) is 5.28 Å². The van der Waals surface area contributed by atoms with E-state index in [0.717, 1.165) is 0 Å². The lowest BCUT2D eigenvalue weighted by Crippen LogP contribution is -2.27. The third-order valence-corrected chi connectivity index (χ3v) is 3.54. The van der Waals surface area contributed by atoms with Crippen molar-refractivity contribution < 1.29 is 9.53 Å². The molecule has 148 valence electrons. The van der Waals surface area contributed by atoms with Gasteiger partial charge in [-0.2, -0.15) is 4.98 Å². The van der Waals surface area contributed by atoms with Crippen molar-refractivity contribution in [3.63, 3.8) is 0 Å². The molecule has 1 N–H and O–H groups in total. The maximum absolute atomic E-state index is 12.4. The van der Waals surface area contributed by atoms with Gasteiger partial charge in [-0.3, -0.25) is 14.7 Å². The summed E-state index contributed by atoms with van der Waals surface area (Å²) in [6.45, 7) is 9.34. The quantitative estimate of drug-likeness (QED) is 0.622. The summed E-state index contributed by atoms with van der Waals surface area (Å²) in [5.74, 6) is 0. The molecule has 2 aromatic heterocycles. The fourth-order valence-electron chi connectivity index (χ4n) is 2.39. The summed E-state index contributed by atoms with van der Waals surface area (Å²) in [7, 11) is 0. The highest BCUT2D eigenvalue weighted by Gasteiger charge is 2.16. The molecule has 0 fully saturated rings. The Hall–Kier alpha value is -2.93. The number of halogens is 1. The number of nitrogens with one attached hydrogen (secondary N) is 1. The van der Waals surface area contributed by atoms with Crippen molar-refractivity contribution in [1.29, 1.82) is 0 Å². The predicted molar refractivity (Wildman–Crippen MR) is 111 cm³/mol. The van der Waals surface area contributed by atoms with Crippen LogP contribution >= 0.6 is 11.6 Å². The number of pyridine rings is 1. The number of benzene rings is 1. The Bertz CT molecular complexity index is 1040. The third kappa shape index (κ3) is 5.29. The molecule has 1 amide bonds. The fraction of sp³-hybridized carbons (Fsp3) is 0.300. The zero-order chi connectivity index (χ0) is 20.9. The Morgan fingerprint density at radius 1 is 1.18 bits per heavy atom. The highest BCUT2D eigenvalue weighted by Crippen LogP contribution is 2.19. The van der Waals surface area contributed by atoms with Crippen LogP contribution in [0.1, 0.15) is 34.6 Å². The van der Waals surface area contributed by atoms with Gasteiger partial charge in [0.15, 0.2) is 5.65 Å². The van der Waals surface area contributed by atoms with Crippen molar-refractivity contribution in [3.8, 4) is 5.69 Å². The molecule has 0 saturated heterocycles. The van der Waals surface area contributed by atoms with Crippen LogP contribution in [0.15, 0.2) is 47.4 Å². The first-order valence-electron chi connectivity index (χ1n) is 8.88. The number of amides is 1. The highest BCUT2D eigenvalue weighted by molar-refractivity contribution is 6.28. The molecule has 0 spiro atoms. The number of ether oxygens (including phenoxy) is 1. The van der Waals surface area contributed by atoms with E-state index in [1.807, 2.05) is 13.8 Å². The Kier molecular flexibility index (Phi) is 6.75. The fourth-order valence-corrected chi connectivity index (χ4v) is 2.52. The average Bonchev–Trinajstić information content (AvgIpc) is 2.61. The Morgan fingerprint density at radius 2 is 1.89 bits per heavy atom. The number of carbonyl (C=O) groups is 1. The van der Waals surface area contributed by atoms with Crippen molar-refractivity contribution >= 4 is 34.4 Å². The molecule has 0 aliphatic rings. The number of fused-ring (bicyclic) bond motifs is 1. The van der Waals surface area contributed by atoms with Gasteiger partial charge >= 0.3 is 6.09 Å². The van der Waals surface area contributed by atoms with E-state index in [4.69, 9.17) is 16.3 Å². The van der Waals surface area contributed by atoms with Gasteiger partial charge in [-0.1, -0.05) is 19.9 Å². The van der Waals surface area contributed by atoms with E-state index in [9.17, 15) is 9.59 Å². The molecule has 8 heteroatoms. The Labute approximate surface area is 168 Å². The van der Waals surface area contributed by atoms with Crippen LogP contribution in [0.4, 0.5) is 10.5 Å². The second-order valence-electron chi connectivity index (χ2n) is 6.60. The summed E-state index contributed by atoms with van der Waals surface area (Å²) >= 11 is 5.88. The monoisotopic (exact) mass is 402 g/mol. The SMILES string of the molecule is CC.CC(C)(C)OC(=O)Nc1cccc(-n2c(=O)ccc3cnc(Cl)nc32)c1. The molecule has 0 atom stereocenters. The lowest BCUT2D eigenvalue weighted by atomic mass is 10.2. The molecular formula is C20H23ClN4O3. The van der Waals surface area contributed by atoms with Gasteiger partial charge in [0.25, 0.3) is 5.56 Å². The number of anilines is 1. The summed E-state index contributed by atoms with van der Waals surface area (Å²) in [6, 6.07) is 9.86. The minimum atomic E-state index is -0.609. The van der Waals surface area contributed by atoms with Crippen molar-refractivity contribution in [2.45, 2.75) is 40.2 Å². The highest BCUT2D eigenvalue weighted by atomic mass is 35.5. The number of aromatic nitrogens is 3. The largest absolute Gasteiger partial charge is 0.444 e. The van der Waals surface area contributed by atoms with Crippen LogP contribution in [-0.2, 0) is 4.74 Å². The predicted octanol–water partition coefficient (Wildman–Crippen LogP) is 4.81. The number of hydrogen-bond acceptors (Lipinski definition) is 5. The zero-order valence-corrected chi connectivity index (χ0v) is 17.2. The van der Waals surface area contributed by atoms with Gasteiger partial charge in [0.2, 0.25) is 5.28 Å². The van der Waals surface area contributed by atoms with Gasteiger partial charge in [0, 0.05) is 23.3 Å². The normalized spacial score (nSPS) is 10.8. The molecule has 0 aliphatic heterocycles. The first kappa shape index (κ1) is 21.4. The lowest BCUT2D eigenvalue weighted by Gasteiger charge is -2.20. The van der Waals surface area contributed by atoms with E-state index in [2.05, 4.69) is 15.3 Å². The van der Waals surface area contributed by atoms with E-state index in [1.54, 1.807) is 57.3 Å². The average molecular weight is 403 g/mol. The van der Waals surface area contributed by atoms with Gasteiger partial charge in [-0.15, -0.1) is 0 Å². The first-order chi connectivity index (χ1) is 13.2. The smallest absolute Gasteiger partial charge is 0.412 e. The lowest BCUT2D eigenvalue weighted by molar-refractivity contribution is 0.0636. The number of hydrogen-bond donors (Lipinski definition) is 1. The van der Waals surface area contributed by atoms with Crippen molar-refractivity contribution in [2.24, 2.45) is 0 Å². The molecule has 3 aromatic rings. The summed E-state index contributed by atoms with van der Waals surface area (Å²) in [4.78, 5) is 32.5. The molecular weight excluding hydrogens is 380 g/mol. The molecule has 1 aromatic carbocycles. The van der Waals surface area contributed by atoms with E-state index in [1.165, 1.54) is 10.6 Å². The number of carbonyl (C=O) groups excluding carboxylic acids is 1. The van der Waals surface area contributed by atoms with Gasteiger partial charge in [0.1, 0.15) is 5.60 Å². The van der Waals surface area contributed by atoms with Gasteiger partial charge < -0.3 is 4.74 Å². The zero-order valence-electron chi connectivity index (χ0n) is 16.5. The molecule has 0 unspecified atom stereocenters. The molecule has 0 saturated carbocycles. The van der Waals surface area contributed by atoms with Gasteiger partial charge in [0.05, 0.1) is 5.69 Å². The second-order valence-corrected chi connectivity index (χ2v) is 6.94. The minimum absolute atomic E-state index is 0.0416. The van der Waals surface area contributed by atoms with Gasteiger partial charge in [-0.05, 0) is 56.6 Å². The molecule has 7 nitrogen and oxygen atoms in total. The first-order valence-corrected chi connectivity index (χ1v) is 9.25. The standard InChI is InChI=1S/C18H17ClN4O3.C2H6/c1-18(2,3)26-17(25)21-12-5-4-6-13(9-12)23-14(24)8-7-11-10-20-16(19)22-15(11)23;1-2/h4-10H,1-3H3,(H,21,25);1-2H3. The molecule has 0 aliphatic carbocycles. The Balaban J connectivity index is 0.00000136. The number of rotatable bonds is 2. The second kappa shape index (κ2) is 8.84. The van der Waals surface area contributed by atoms with Crippen molar-refractivity contribution in [3.05, 3.63) is 58.2 Å². The third-order valence-electron chi connectivity index (χ3n) is 3.35. The van der Waals surface area contributed by atoms with Crippen LogP contribution in [0.5, 0.6) is 0 Å². The molecule has 3 rings (SSSR count). The summed E-state index contributed by atoms with van der Waals surface area (Å²) in [5.41, 5.74) is 0.514. The van der Waals surface area contributed by atoms with E-state index < -0.39 is 11.7 Å². The summed E-state index contributed by atoms with van der Waals surface area (Å²) in [6.07, 6.45) is 0.967. The maximum Gasteiger partial charge on any atom is 0.412 e. The Morgan fingerprint density at radius 3 is 2.57 bits per heavy atom.